The Morgan fingerprint density at radius 3 is 2.48 bits per heavy atom. The molecule has 2 rings (SSSR count). The van der Waals surface area contributed by atoms with Gasteiger partial charge >= 0.3 is 0 Å². The molecule has 0 unspecified atom stereocenters. The van der Waals surface area contributed by atoms with Gasteiger partial charge < -0.3 is 0 Å². The number of hydrogen-bond donors (Lipinski definition) is 0. The lowest BCUT2D eigenvalue weighted by molar-refractivity contribution is 0.354. The van der Waals surface area contributed by atoms with E-state index in [0.29, 0.717) is 14.7 Å². The van der Waals surface area contributed by atoms with Gasteiger partial charge in [-0.15, -0.1) is 0 Å². The molecule has 10 heteroatoms. The average Bonchev–Trinajstić information content (AvgIpc) is 2.78. The summed E-state index contributed by atoms with van der Waals surface area (Å²) in [5.41, 5.74) is 0.531. The minimum absolute atomic E-state index is 0.0262. The van der Waals surface area contributed by atoms with Gasteiger partial charge in [-0.3, -0.25) is 0 Å². The van der Waals surface area contributed by atoms with Crippen LogP contribution in [0.5, 0.6) is 0 Å². The van der Waals surface area contributed by atoms with Crippen molar-refractivity contribution in [3.8, 4) is 0 Å². The minimum Gasteiger partial charge on any atom is -0.229 e. The lowest BCUT2D eigenvalue weighted by atomic mass is 10.3. The number of sulfone groups is 1. The summed E-state index contributed by atoms with van der Waals surface area (Å²) in [5, 5.41) is 4.10. The van der Waals surface area contributed by atoms with Crippen molar-refractivity contribution in [3.63, 3.8) is 0 Å². The summed E-state index contributed by atoms with van der Waals surface area (Å²) < 4.78 is 51.4. The molecule has 128 valence electrons. The number of halogens is 2. The Hall–Kier alpha value is -0.450. The zero-order valence-electron chi connectivity index (χ0n) is 12.5. The molecule has 0 saturated carbocycles. The van der Waals surface area contributed by atoms with Gasteiger partial charge in [0.25, 0.3) is 10.0 Å². The van der Waals surface area contributed by atoms with Crippen molar-refractivity contribution in [3.05, 3.63) is 27.1 Å². The van der Waals surface area contributed by atoms with Crippen LogP contribution < -0.4 is 0 Å². The normalized spacial score (nSPS) is 20.3. The second-order valence-electron chi connectivity index (χ2n) is 5.46. The Kier molecular flexibility index (Phi) is 5.59. The molecule has 0 amide bonds. The Morgan fingerprint density at radius 2 is 1.96 bits per heavy atom. The summed E-state index contributed by atoms with van der Waals surface area (Å²) >= 11 is 6.49. The third-order valence-electron chi connectivity index (χ3n) is 3.24. The molecule has 23 heavy (non-hydrogen) atoms. The molecular weight excluding hydrogens is 472 g/mol. The van der Waals surface area contributed by atoms with Gasteiger partial charge in [0.2, 0.25) is 0 Å². The fraction of sp³-hybridized carbons (Fsp3) is 0.462. The first-order valence-corrected chi connectivity index (χ1v) is 11.6. The van der Waals surface area contributed by atoms with E-state index in [0.717, 1.165) is 4.41 Å². The van der Waals surface area contributed by atoms with Gasteiger partial charge in [0.1, 0.15) is 4.90 Å². The molecule has 0 N–H and O–H groups in total. The summed E-state index contributed by atoms with van der Waals surface area (Å²) in [6, 6.07) is 4.10. The van der Waals surface area contributed by atoms with E-state index >= 15 is 0 Å². The first-order chi connectivity index (χ1) is 10.5. The molecule has 1 fully saturated rings. The number of benzene rings is 1. The van der Waals surface area contributed by atoms with E-state index in [-0.39, 0.29) is 22.8 Å². The molecule has 0 aromatic heterocycles. The van der Waals surface area contributed by atoms with Gasteiger partial charge in [0.15, 0.2) is 9.84 Å². The first kappa shape index (κ1) is 18.9. The van der Waals surface area contributed by atoms with E-state index < -0.39 is 25.9 Å². The Bertz CT molecular complexity index is 847. The van der Waals surface area contributed by atoms with Crippen molar-refractivity contribution in [2.45, 2.75) is 31.2 Å². The van der Waals surface area contributed by atoms with Crippen LogP contribution in [0.25, 0.3) is 0 Å². The summed E-state index contributed by atoms with van der Waals surface area (Å²) in [7, 11) is -7.21. The molecule has 1 aromatic rings. The monoisotopic (exact) mass is 486 g/mol. The molecular formula is C13H16Br2N2O4S2. The van der Waals surface area contributed by atoms with E-state index in [1.54, 1.807) is 26.0 Å². The van der Waals surface area contributed by atoms with Gasteiger partial charge in [0.05, 0.1) is 17.5 Å². The van der Waals surface area contributed by atoms with Crippen LogP contribution in [-0.4, -0.2) is 44.5 Å². The standard InChI is InChI=1S/C13H16Br2N2O4S2/c1-9(2)16-17(11-5-6-22(18,19)8-11)23(20,21)13-7-10(14)3-4-12(13)15/h3-4,7,11H,5-6,8H2,1-2H3/t11-/m1/s1. The lowest BCUT2D eigenvalue weighted by Gasteiger charge is -2.25. The fourth-order valence-electron chi connectivity index (χ4n) is 2.25. The van der Waals surface area contributed by atoms with Crippen LogP contribution in [0.2, 0.25) is 0 Å². The smallest absolute Gasteiger partial charge is 0.229 e. The van der Waals surface area contributed by atoms with Crippen molar-refractivity contribution in [2.75, 3.05) is 11.5 Å². The predicted molar refractivity (Wildman–Crippen MR) is 96.7 cm³/mol. The van der Waals surface area contributed by atoms with Gasteiger partial charge in [-0.25, -0.2) is 8.42 Å². The Labute approximate surface area is 153 Å². The van der Waals surface area contributed by atoms with Crippen LogP contribution in [0, 0.1) is 0 Å². The Balaban J connectivity index is 2.54. The molecule has 1 aromatic carbocycles. The van der Waals surface area contributed by atoms with E-state index in [2.05, 4.69) is 37.0 Å². The molecule has 1 saturated heterocycles. The second-order valence-corrected chi connectivity index (χ2v) is 11.2. The van der Waals surface area contributed by atoms with Crippen LogP contribution in [0.1, 0.15) is 20.3 Å². The van der Waals surface area contributed by atoms with E-state index in [1.165, 1.54) is 6.07 Å². The molecule has 6 nitrogen and oxygen atoms in total. The molecule has 0 spiro atoms. The molecule has 0 radical (unpaired) electrons. The zero-order valence-corrected chi connectivity index (χ0v) is 17.3. The molecule has 1 atom stereocenters. The quantitative estimate of drug-likeness (QED) is 0.482. The summed E-state index contributed by atoms with van der Waals surface area (Å²) in [4.78, 5) is 0.0428. The average molecular weight is 488 g/mol. The van der Waals surface area contributed by atoms with Crippen molar-refractivity contribution >= 4 is 57.4 Å². The van der Waals surface area contributed by atoms with Crippen molar-refractivity contribution in [2.24, 2.45) is 5.10 Å². The number of hydrogen-bond acceptors (Lipinski definition) is 5. The maximum absolute atomic E-state index is 13.0. The highest BCUT2D eigenvalue weighted by Crippen LogP contribution is 2.31. The number of nitrogens with zero attached hydrogens (tertiary/aromatic N) is 2. The maximum atomic E-state index is 13.0. The van der Waals surface area contributed by atoms with Crippen molar-refractivity contribution < 1.29 is 16.8 Å². The first-order valence-electron chi connectivity index (χ1n) is 6.75. The van der Waals surface area contributed by atoms with Crippen LogP contribution in [0.3, 0.4) is 0 Å². The van der Waals surface area contributed by atoms with Crippen LogP contribution in [0.4, 0.5) is 0 Å². The van der Waals surface area contributed by atoms with Crippen LogP contribution >= 0.6 is 31.9 Å². The highest BCUT2D eigenvalue weighted by molar-refractivity contribution is 9.11. The highest BCUT2D eigenvalue weighted by atomic mass is 79.9. The van der Waals surface area contributed by atoms with Crippen LogP contribution in [0.15, 0.2) is 37.1 Å². The summed E-state index contributed by atoms with van der Waals surface area (Å²) in [6.07, 6.45) is 0.240. The third-order valence-corrected chi connectivity index (χ3v) is 8.20. The Morgan fingerprint density at radius 1 is 1.30 bits per heavy atom. The SMILES string of the molecule is CC(C)=NN([C@@H]1CCS(=O)(=O)C1)S(=O)(=O)c1cc(Br)ccc1Br. The van der Waals surface area contributed by atoms with Crippen molar-refractivity contribution in [1.29, 1.82) is 0 Å². The maximum Gasteiger partial charge on any atom is 0.280 e. The molecule has 0 bridgehead atoms. The van der Waals surface area contributed by atoms with Crippen LogP contribution in [-0.2, 0) is 19.9 Å². The van der Waals surface area contributed by atoms with Gasteiger partial charge in [-0.1, -0.05) is 15.9 Å². The minimum atomic E-state index is -3.98. The zero-order chi connectivity index (χ0) is 17.4. The van der Waals surface area contributed by atoms with E-state index in [1.807, 2.05) is 0 Å². The van der Waals surface area contributed by atoms with Crippen molar-refractivity contribution in [1.82, 2.24) is 4.41 Å². The summed E-state index contributed by atoms with van der Waals surface area (Å²) in [6.45, 7) is 3.34. The largest absolute Gasteiger partial charge is 0.280 e. The van der Waals surface area contributed by atoms with E-state index in [4.69, 9.17) is 0 Å². The van der Waals surface area contributed by atoms with Gasteiger partial charge in [-0.2, -0.15) is 17.9 Å². The predicted octanol–water partition coefficient (Wildman–Crippen LogP) is 2.79. The lowest BCUT2D eigenvalue weighted by Crippen LogP contribution is -2.37. The van der Waals surface area contributed by atoms with E-state index in [9.17, 15) is 16.8 Å². The number of sulfonamides is 1. The third kappa shape index (κ3) is 4.34. The van der Waals surface area contributed by atoms with Gasteiger partial charge in [-0.05, 0) is 54.4 Å². The van der Waals surface area contributed by atoms with Gasteiger partial charge in [0, 0.05) is 14.7 Å². The molecule has 1 aliphatic heterocycles. The molecule has 1 heterocycles. The topological polar surface area (TPSA) is 83.9 Å². The molecule has 0 aliphatic carbocycles. The highest BCUT2D eigenvalue weighted by Gasteiger charge is 2.39. The number of hydrazone groups is 1. The molecule has 1 aliphatic rings. The number of rotatable bonds is 4. The second kappa shape index (κ2) is 6.81. The summed E-state index contributed by atoms with van der Waals surface area (Å²) in [5.74, 6) is -0.240. The fourth-order valence-corrected chi connectivity index (χ4v) is 7.05.